The number of rotatable bonds is 3. The summed E-state index contributed by atoms with van der Waals surface area (Å²) in [5.74, 6) is 0.362. The molecule has 4 heteroatoms. The van der Waals surface area contributed by atoms with E-state index < -0.39 is 0 Å². The van der Waals surface area contributed by atoms with Gasteiger partial charge < -0.3 is 10.3 Å². The lowest BCUT2D eigenvalue weighted by atomic mass is 9.88. The van der Waals surface area contributed by atoms with Crippen molar-refractivity contribution in [2.24, 2.45) is 5.92 Å². The van der Waals surface area contributed by atoms with Crippen LogP contribution in [-0.4, -0.2) is 15.9 Å². The van der Waals surface area contributed by atoms with Crippen LogP contribution in [-0.2, 0) is 4.79 Å². The van der Waals surface area contributed by atoms with Crippen LogP contribution in [0.3, 0.4) is 0 Å². The van der Waals surface area contributed by atoms with E-state index in [1.165, 1.54) is 24.6 Å². The Morgan fingerprint density at radius 1 is 1.17 bits per heavy atom. The van der Waals surface area contributed by atoms with Crippen LogP contribution in [0.4, 0.5) is 0 Å². The maximum atomic E-state index is 12.5. The molecule has 0 radical (unpaired) electrons. The van der Waals surface area contributed by atoms with Crippen LogP contribution in [0.1, 0.15) is 50.8 Å². The van der Waals surface area contributed by atoms with E-state index in [1.54, 1.807) is 0 Å². The van der Waals surface area contributed by atoms with Gasteiger partial charge in [-0.3, -0.25) is 9.78 Å². The highest BCUT2D eigenvalue weighted by molar-refractivity contribution is 6.06. The monoisotopic (exact) mass is 321 g/mol. The summed E-state index contributed by atoms with van der Waals surface area (Å²) in [6.45, 7) is 2.02. The zero-order chi connectivity index (χ0) is 16.5. The molecular weight excluding hydrogens is 298 g/mol. The molecule has 124 valence electrons. The van der Waals surface area contributed by atoms with Gasteiger partial charge in [0.15, 0.2) is 0 Å². The van der Waals surface area contributed by atoms with E-state index in [1.807, 2.05) is 25.3 Å². The first-order valence-corrected chi connectivity index (χ1v) is 8.89. The van der Waals surface area contributed by atoms with E-state index in [0.717, 1.165) is 35.0 Å². The Bertz CT molecular complexity index is 877. The van der Waals surface area contributed by atoms with E-state index >= 15 is 0 Å². The van der Waals surface area contributed by atoms with Crippen molar-refractivity contribution in [3.63, 3.8) is 0 Å². The molecule has 0 saturated heterocycles. The lowest BCUT2D eigenvalue weighted by Crippen LogP contribution is -2.34. The van der Waals surface area contributed by atoms with Gasteiger partial charge in [-0.05, 0) is 31.9 Å². The van der Waals surface area contributed by atoms with Crippen molar-refractivity contribution in [1.29, 1.82) is 0 Å². The third kappa shape index (κ3) is 2.77. The molecule has 1 aliphatic carbocycles. The lowest BCUT2D eigenvalue weighted by molar-refractivity contribution is -0.126. The van der Waals surface area contributed by atoms with Crippen molar-refractivity contribution in [2.45, 2.75) is 45.1 Å². The number of H-pyrrole nitrogens is 1. The molecule has 1 aromatic carbocycles. The fourth-order valence-corrected chi connectivity index (χ4v) is 3.77. The second-order valence-electron chi connectivity index (χ2n) is 6.89. The maximum absolute atomic E-state index is 12.5. The van der Waals surface area contributed by atoms with Gasteiger partial charge in [-0.25, -0.2) is 0 Å². The summed E-state index contributed by atoms with van der Waals surface area (Å²) in [6.07, 6.45) is 7.52. The number of nitrogens with one attached hydrogen (secondary N) is 2. The van der Waals surface area contributed by atoms with Gasteiger partial charge in [0.2, 0.25) is 5.91 Å². The number of pyridine rings is 1. The summed E-state index contributed by atoms with van der Waals surface area (Å²) in [4.78, 5) is 20.4. The standard InChI is InChI=1S/C20H23N3O/c1-13(22-20(24)14-7-3-2-4-8-14)18-11-16-15-9-5-6-10-17(15)23-19(16)12-21-18/h5-6,9-14,23H,2-4,7-8H2,1H3,(H,22,24). The Morgan fingerprint density at radius 3 is 2.79 bits per heavy atom. The Balaban J connectivity index is 1.58. The number of nitrogens with zero attached hydrogens (tertiary/aromatic N) is 1. The van der Waals surface area contributed by atoms with Crippen LogP contribution in [0.25, 0.3) is 21.8 Å². The molecule has 0 aliphatic heterocycles. The minimum absolute atomic E-state index is 0.0718. The average molecular weight is 321 g/mol. The first-order chi connectivity index (χ1) is 11.7. The highest BCUT2D eigenvalue weighted by Crippen LogP contribution is 2.27. The number of aromatic nitrogens is 2. The molecule has 1 atom stereocenters. The van der Waals surface area contributed by atoms with Gasteiger partial charge in [-0.1, -0.05) is 37.5 Å². The zero-order valence-corrected chi connectivity index (χ0v) is 14.0. The first-order valence-electron chi connectivity index (χ1n) is 8.89. The van der Waals surface area contributed by atoms with Crippen LogP contribution in [0.5, 0.6) is 0 Å². The molecule has 0 spiro atoms. The van der Waals surface area contributed by atoms with Gasteiger partial charge in [-0.15, -0.1) is 0 Å². The smallest absolute Gasteiger partial charge is 0.223 e. The van der Waals surface area contributed by atoms with Gasteiger partial charge in [0.1, 0.15) is 0 Å². The molecule has 2 aromatic heterocycles. The molecule has 1 unspecified atom stereocenters. The fourth-order valence-electron chi connectivity index (χ4n) is 3.77. The molecule has 1 saturated carbocycles. The molecule has 2 N–H and O–H groups in total. The Hall–Kier alpha value is -2.36. The van der Waals surface area contributed by atoms with Crippen LogP contribution in [0, 0.1) is 5.92 Å². The molecule has 1 fully saturated rings. The molecule has 4 rings (SSSR count). The SMILES string of the molecule is CC(NC(=O)C1CCCCC1)c1cc2c(cn1)[nH]c1ccccc12. The quantitative estimate of drug-likeness (QED) is 0.747. The van der Waals surface area contributed by atoms with Crippen LogP contribution < -0.4 is 5.32 Å². The minimum Gasteiger partial charge on any atom is -0.353 e. The van der Waals surface area contributed by atoms with Gasteiger partial charge in [0.25, 0.3) is 0 Å². The zero-order valence-electron chi connectivity index (χ0n) is 14.0. The largest absolute Gasteiger partial charge is 0.353 e. The molecular formula is C20H23N3O. The predicted molar refractivity (Wildman–Crippen MR) is 96.7 cm³/mol. The van der Waals surface area contributed by atoms with E-state index in [4.69, 9.17) is 0 Å². The van der Waals surface area contributed by atoms with Gasteiger partial charge in [0, 0.05) is 22.2 Å². The minimum atomic E-state index is -0.0718. The van der Waals surface area contributed by atoms with Gasteiger partial charge in [-0.2, -0.15) is 0 Å². The van der Waals surface area contributed by atoms with Crippen molar-refractivity contribution in [3.8, 4) is 0 Å². The lowest BCUT2D eigenvalue weighted by Gasteiger charge is -2.23. The third-order valence-corrected chi connectivity index (χ3v) is 5.19. The average Bonchev–Trinajstić information content (AvgIpc) is 3.00. The number of benzene rings is 1. The predicted octanol–water partition coefficient (Wildman–Crippen LogP) is 4.47. The summed E-state index contributed by atoms with van der Waals surface area (Å²) in [7, 11) is 0. The van der Waals surface area contributed by atoms with Crippen molar-refractivity contribution in [2.75, 3.05) is 0 Å². The van der Waals surface area contributed by atoms with Crippen molar-refractivity contribution in [3.05, 3.63) is 42.2 Å². The molecule has 0 bridgehead atoms. The summed E-state index contributed by atoms with van der Waals surface area (Å²) in [6, 6.07) is 10.3. The molecule has 2 heterocycles. The number of para-hydroxylation sites is 1. The van der Waals surface area contributed by atoms with Gasteiger partial charge in [0.05, 0.1) is 23.4 Å². The number of amides is 1. The summed E-state index contributed by atoms with van der Waals surface area (Å²) in [5.41, 5.74) is 3.06. The summed E-state index contributed by atoms with van der Waals surface area (Å²) < 4.78 is 0. The number of aromatic amines is 1. The third-order valence-electron chi connectivity index (χ3n) is 5.19. The second-order valence-corrected chi connectivity index (χ2v) is 6.89. The van der Waals surface area contributed by atoms with E-state index in [9.17, 15) is 4.79 Å². The normalized spacial score (nSPS) is 17.2. The molecule has 1 aliphatic rings. The number of hydrogen-bond acceptors (Lipinski definition) is 2. The number of carbonyl (C=O) groups is 1. The Labute approximate surface area is 141 Å². The summed E-state index contributed by atoms with van der Waals surface area (Å²) in [5, 5.41) is 5.52. The second kappa shape index (κ2) is 6.27. The topological polar surface area (TPSA) is 57.8 Å². The van der Waals surface area contributed by atoms with Crippen molar-refractivity contribution < 1.29 is 4.79 Å². The van der Waals surface area contributed by atoms with E-state index in [-0.39, 0.29) is 17.9 Å². The van der Waals surface area contributed by atoms with Gasteiger partial charge >= 0.3 is 0 Å². The van der Waals surface area contributed by atoms with Crippen molar-refractivity contribution >= 4 is 27.7 Å². The first kappa shape index (κ1) is 15.2. The van der Waals surface area contributed by atoms with Crippen LogP contribution in [0.15, 0.2) is 36.5 Å². The van der Waals surface area contributed by atoms with E-state index in [2.05, 4.69) is 33.5 Å². The fraction of sp³-hybridized carbons (Fsp3) is 0.400. The Kier molecular flexibility index (Phi) is 3.97. The van der Waals surface area contributed by atoms with Crippen molar-refractivity contribution in [1.82, 2.24) is 15.3 Å². The van der Waals surface area contributed by atoms with Crippen LogP contribution >= 0.6 is 0 Å². The van der Waals surface area contributed by atoms with Crippen LogP contribution in [0.2, 0.25) is 0 Å². The molecule has 1 amide bonds. The molecule has 3 aromatic rings. The Morgan fingerprint density at radius 2 is 1.96 bits per heavy atom. The number of hydrogen-bond donors (Lipinski definition) is 2. The molecule has 4 nitrogen and oxygen atoms in total. The maximum Gasteiger partial charge on any atom is 0.223 e. The number of carbonyl (C=O) groups excluding carboxylic acids is 1. The highest BCUT2D eigenvalue weighted by Gasteiger charge is 2.23. The molecule has 24 heavy (non-hydrogen) atoms. The summed E-state index contributed by atoms with van der Waals surface area (Å²) >= 11 is 0. The highest BCUT2D eigenvalue weighted by atomic mass is 16.1. The number of fused-ring (bicyclic) bond motifs is 3. The van der Waals surface area contributed by atoms with E-state index in [0.29, 0.717) is 0 Å².